The van der Waals surface area contributed by atoms with Crippen LogP contribution in [0, 0.1) is 10.7 Å². The van der Waals surface area contributed by atoms with E-state index in [4.69, 9.17) is 5.26 Å². The summed E-state index contributed by atoms with van der Waals surface area (Å²) in [6.45, 7) is 3.76. The lowest BCUT2D eigenvalue weighted by Crippen LogP contribution is -1.73. The third-order valence-corrected chi connectivity index (χ3v) is 1.84. The number of nitriles is 1. The Morgan fingerprint density at radius 2 is 2.00 bits per heavy atom. The first-order chi connectivity index (χ1) is 5.34. The topological polar surface area (TPSA) is 23.8 Å². The zero-order chi connectivity index (χ0) is 8.10. The molecule has 54 valence electrons. The van der Waals surface area contributed by atoms with Gasteiger partial charge in [0.1, 0.15) is 5.40 Å². The highest BCUT2D eigenvalue weighted by atomic mass is 32.2. The maximum Gasteiger partial charge on any atom is 0.138 e. The smallest absolute Gasteiger partial charge is 0.138 e. The average Bonchev–Trinajstić information content (AvgIpc) is 2.07. The van der Waals surface area contributed by atoms with Gasteiger partial charge in [-0.2, -0.15) is 5.26 Å². The highest BCUT2D eigenvalue weighted by Gasteiger charge is 1.95. The number of nitrogens with zero attached hydrogens (tertiary/aromatic N) is 1. The van der Waals surface area contributed by atoms with E-state index < -0.39 is 0 Å². The zero-order valence-electron chi connectivity index (χ0n) is 5.95. The fourth-order valence-corrected chi connectivity index (χ4v) is 1.10. The van der Waals surface area contributed by atoms with E-state index in [0.29, 0.717) is 0 Å². The Bertz CT molecular complexity index is 284. The van der Waals surface area contributed by atoms with Crippen molar-refractivity contribution in [1.82, 2.24) is 0 Å². The van der Waals surface area contributed by atoms with Crippen LogP contribution in [0.25, 0.3) is 4.91 Å². The Morgan fingerprint density at radius 1 is 1.36 bits per heavy atom. The van der Waals surface area contributed by atoms with Crippen LogP contribution in [0.15, 0.2) is 36.9 Å². The van der Waals surface area contributed by atoms with Crippen molar-refractivity contribution in [3.05, 3.63) is 42.5 Å². The van der Waals surface area contributed by atoms with Gasteiger partial charge >= 0.3 is 0 Å². The van der Waals surface area contributed by atoms with Gasteiger partial charge in [-0.1, -0.05) is 36.9 Å². The summed E-state index contributed by atoms with van der Waals surface area (Å²) in [6.07, 6.45) is 0. The van der Waals surface area contributed by atoms with Crippen LogP contribution >= 0.6 is 11.8 Å². The van der Waals surface area contributed by atoms with E-state index >= 15 is 0 Å². The maximum absolute atomic E-state index is 8.35. The predicted octanol–water partition coefficient (Wildman–Crippen LogP) is 2.87. The third kappa shape index (κ3) is 2.14. The molecule has 0 aliphatic rings. The minimum atomic E-state index is 0.799. The monoisotopic (exact) mass is 161 g/mol. The van der Waals surface area contributed by atoms with Gasteiger partial charge in [-0.15, -0.1) is 0 Å². The summed E-state index contributed by atoms with van der Waals surface area (Å²) < 4.78 is 0. The molecule has 11 heavy (non-hydrogen) atoms. The molecular formula is C9H7NS. The second-order valence-corrected chi connectivity index (χ2v) is 2.86. The molecule has 1 aromatic rings. The van der Waals surface area contributed by atoms with Crippen molar-refractivity contribution in [3.63, 3.8) is 0 Å². The van der Waals surface area contributed by atoms with Gasteiger partial charge in [0.05, 0.1) is 0 Å². The van der Waals surface area contributed by atoms with Crippen LogP contribution in [0.1, 0.15) is 5.56 Å². The van der Waals surface area contributed by atoms with Crippen molar-refractivity contribution in [3.8, 4) is 5.40 Å². The average molecular weight is 161 g/mol. The molecule has 0 N–H and O–H groups in total. The van der Waals surface area contributed by atoms with Gasteiger partial charge in [-0.05, 0) is 17.3 Å². The number of benzene rings is 1. The van der Waals surface area contributed by atoms with E-state index in [1.165, 1.54) is 0 Å². The Kier molecular flexibility index (Phi) is 2.76. The molecule has 0 atom stereocenters. The largest absolute Gasteiger partial charge is 0.185 e. The van der Waals surface area contributed by atoms with E-state index in [1.54, 1.807) is 0 Å². The van der Waals surface area contributed by atoms with Crippen molar-refractivity contribution in [2.45, 2.75) is 0 Å². The summed E-state index contributed by atoms with van der Waals surface area (Å²) in [6, 6.07) is 9.67. The van der Waals surface area contributed by atoms with Crippen LogP contribution in [-0.4, -0.2) is 0 Å². The molecule has 0 unspecified atom stereocenters. The molecule has 0 bridgehead atoms. The van der Waals surface area contributed by atoms with E-state index in [-0.39, 0.29) is 0 Å². The minimum absolute atomic E-state index is 0.799. The zero-order valence-corrected chi connectivity index (χ0v) is 6.77. The second kappa shape index (κ2) is 3.85. The molecule has 1 aromatic carbocycles. The van der Waals surface area contributed by atoms with Gasteiger partial charge in [0, 0.05) is 4.91 Å². The SMILES string of the molecule is C=C(SC#N)c1ccccc1. The van der Waals surface area contributed by atoms with Crippen LogP contribution in [0.4, 0.5) is 0 Å². The van der Waals surface area contributed by atoms with E-state index in [2.05, 4.69) is 6.58 Å². The molecular weight excluding hydrogens is 154 g/mol. The molecule has 2 heteroatoms. The van der Waals surface area contributed by atoms with Crippen LogP contribution in [0.5, 0.6) is 0 Å². The molecule has 0 amide bonds. The molecule has 0 aromatic heterocycles. The van der Waals surface area contributed by atoms with Crippen molar-refractivity contribution in [1.29, 1.82) is 5.26 Å². The van der Waals surface area contributed by atoms with E-state index in [1.807, 2.05) is 35.7 Å². The van der Waals surface area contributed by atoms with Gasteiger partial charge in [0.2, 0.25) is 0 Å². The molecule has 0 saturated carbocycles. The first kappa shape index (κ1) is 7.90. The van der Waals surface area contributed by atoms with Gasteiger partial charge < -0.3 is 0 Å². The quantitative estimate of drug-likeness (QED) is 0.623. The standard InChI is InChI=1S/C9H7NS/c1-8(11-7-10)9-5-3-2-4-6-9/h2-6H,1H2. The minimum Gasteiger partial charge on any atom is -0.185 e. The molecule has 0 radical (unpaired) electrons. The fourth-order valence-electron chi connectivity index (χ4n) is 0.738. The van der Waals surface area contributed by atoms with Gasteiger partial charge in [0.25, 0.3) is 0 Å². The summed E-state index contributed by atoms with van der Waals surface area (Å²) in [4.78, 5) is 0.799. The summed E-state index contributed by atoms with van der Waals surface area (Å²) >= 11 is 1.10. The Balaban J connectivity index is 2.79. The first-order valence-corrected chi connectivity index (χ1v) is 3.96. The van der Waals surface area contributed by atoms with Gasteiger partial charge in [0.15, 0.2) is 0 Å². The molecule has 0 aliphatic heterocycles. The second-order valence-electron chi connectivity index (χ2n) is 1.98. The summed E-state index contributed by atoms with van der Waals surface area (Å²) in [5.74, 6) is 0. The molecule has 1 nitrogen and oxygen atoms in total. The van der Waals surface area contributed by atoms with Crippen LogP contribution in [0.2, 0.25) is 0 Å². The molecule has 1 rings (SSSR count). The van der Waals surface area contributed by atoms with Crippen molar-refractivity contribution in [2.24, 2.45) is 0 Å². The third-order valence-electron chi connectivity index (χ3n) is 1.26. The summed E-state index contributed by atoms with van der Waals surface area (Å²) in [5.41, 5.74) is 1.01. The first-order valence-electron chi connectivity index (χ1n) is 3.15. The van der Waals surface area contributed by atoms with E-state index in [0.717, 1.165) is 22.2 Å². The predicted molar refractivity (Wildman–Crippen MR) is 48.7 cm³/mol. The lowest BCUT2D eigenvalue weighted by molar-refractivity contribution is 1.57. The molecule has 0 aliphatic carbocycles. The van der Waals surface area contributed by atoms with Crippen molar-refractivity contribution < 1.29 is 0 Å². The van der Waals surface area contributed by atoms with Crippen molar-refractivity contribution in [2.75, 3.05) is 0 Å². The number of hydrogen-bond acceptors (Lipinski definition) is 2. The van der Waals surface area contributed by atoms with Crippen LogP contribution in [0.3, 0.4) is 0 Å². The number of rotatable bonds is 2. The molecule has 0 saturated heterocycles. The molecule has 0 fully saturated rings. The number of hydrogen-bond donors (Lipinski definition) is 0. The molecule has 0 spiro atoms. The summed E-state index contributed by atoms with van der Waals surface area (Å²) in [7, 11) is 0. The Morgan fingerprint density at radius 3 is 2.55 bits per heavy atom. The van der Waals surface area contributed by atoms with Crippen molar-refractivity contribution >= 4 is 16.7 Å². The maximum atomic E-state index is 8.35. The van der Waals surface area contributed by atoms with Gasteiger partial charge in [-0.3, -0.25) is 0 Å². The number of thioether (sulfide) groups is 1. The normalized spacial score (nSPS) is 8.64. The lowest BCUT2D eigenvalue weighted by atomic mass is 10.2. The Hall–Kier alpha value is -1.20. The number of thiocyanates is 1. The van der Waals surface area contributed by atoms with E-state index in [9.17, 15) is 0 Å². The molecule has 0 heterocycles. The fraction of sp³-hybridized carbons (Fsp3) is 0. The Labute approximate surface area is 70.4 Å². The lowest BCUT2D eigenvalue weighted by Gasteiger charge is -1.97. The highest BCUT2D eigenvalue weighted by molar-refractivity contribution is 8.12. The van der Waals surface area contributed by atoms with Crippen LogP contribution < -0.4 is 0 Å². The van der Waals surface area contributed by atoms with Gasteiger partial charge in [-0.25, -0.2) is 0 Å². The highest BCUT2D eigenvalue weighted by Crippen LogP contribution is 2.23. The summed E-state index contributed by atoms with van der Waals surface area (Å²) in [5, 5.41) is 10.3. The van der Waals surface area contributed by atoms with Crippen LogP contribution in [-0.2, 0) is 0 Å².